The number of nitrogens with one attached hydrogen (secondary N) is 1. The zero-order valence-corrected chi connectivity index (χ0v) is 15.3. The summed E-state index contributed by atoms with van der Waals surface area (Å²) in [4.78, 5) is 11.6. The summed E-state index contributed by atoms with van der Waals surface area (Å²) < 4.78 is 10.9. The molecule has 6 nitrogen and oxygen atoms in total. The van der Waals surface area contributed by atoms with Crippen molar-refractivity contribution in [3.63, 3.8) is 0 Å². The van der Waals surface area contributed by atoms with E-state index in [9.17, 15) is 0 Å². The molecule has 0 aromatic carbocycles. The van der Waals surface area contributed by atoms with Crippen LogP contribution in [0.2, 0.25) is 0 Å². The Hall–Kier alpha value is -1.92. The molecule has 140 valence electrons. The van der Waals surface area contributed by atoms with Gasteiger partial charge in [-0.25, -0.2) is 9.97 Å². The second-order valence-corrected chi connectivity index (χ2v) is 7.29. The van der Waals surface area contributed by atoms with E-state index in [1.54, 1.807) is 12.6 Å². The topological polar surface area (TPSA) is 63.4 Å². The molecule has 0 aliphatic carbocycles. The molecule has 0 bridgehead atoms. The smallest absolute Gasteiger partial charge is 0.132 e. The van der Waals surface area contributed by atoms with Crippen LogP contribution in [0.4, 0.5) is 5.82 Å². The lowest BCUT2D eigenvalue weighted by Crippen LogP contribution is -2.32. The van der Waals surface area contributed by atoms with Gasteiger partial charge in [0.2, 0.25) is 0 Å². The van der Waals surface area contributed by atoms with Crippen LogP contribution in [0, 0.1) is 5.92 Å². The fraction of sp³-hybridized carbons (Fsp3) is 0.600. The highest BCUT2D eigenvalue weighted by Gasteiger charge is 2.23. The Kier molecular flexibility index (Phi) is 5.82. The largest absolute Gasteiger partial charge is 0.469 e. The van der Waals surface area contributed by atoms with Gasteiger partial charge in [-0.1, -0.05) is 0 Å². The zero-order chi connectivity index (χ0) is 17.6. The summed E-state index contributed by atoms with van der Waals surface area (Å²) in [7, 11) is 0. The molecule has 0 saturated carbocycles. The highest BCUT2D eigenvalue weighted by molar-refractivity contribution is 5.46. The van der Waals surface area contributed by atoms with Crippen molar-refractivity contribution in [2.45, 2.75) is 32.1 Å². The van der Waals surface area contributed by atoms with Gasteiger partial charge in [0.25, 0.3) is 0 Å². The molecule has 0 amide bonds. The fourth-order valence-electron chi connectivity index (χ4n) is 3.92. The third kappa shape index (κ3) is 4.43. The number of furan rings is 1. The minimum Gasteiger partial charge on any atom is -0.469 e. The number of anilines is 1. The second kappa shape index (κ2) is 8.64. The molecule has 2 aromatic heterocycles. The van der Waals surface area contributed by atoms with Crippen LogP contribution in [0.5, 0.6) is 0 Å². The fourth-order valence-corrected chi connectivity index (χ4v) is 3.92. The van der Waals surface area contributed by atoms with Gasteiger partial charge < -0.3 is 19.4 Å². The molecule has 0 spiro atoms. The first-order valence-electron chi connectivity index (χ1n) is 9.77. The van der Waals surface area contributed by atoms with E-state index in [4.69, 9.17) is 9.15 Å². The van der Waals surface area contributed by atoms with Gasteiger partial charge in [-0.05, 0) is 37.3 Å². The van der Waals surface area contributed by atoms with Crippen molar-refractivity contribution >= 4 is 5.82 Å². The maximum Gasteiger partial charge on any atom is 0.132 e. The summed E-state index contributed by atoms with van der Waals surface area (Å²) in [6.07, 6.45) is 8.64. The van der Waals surface area contributed by atoms with E-state index in [1.165, 1.54) is 17.7 Å². The highest BCUT2D eigenvalue weighted by atomic mass is 16.5. The molecule has 1 N–H and O–H groups in total. The third-order valence-corrected chi connectivity index (χ3v) is 5.39. The number of ether oxygens (including phenoxy) is 1. The molecular weight excluding hydrogens is 328 g/mol. The zero-order valence-electron chi connectivity index (χ0n) is 15.3. The molecule has 26 heavy (non-hydrogen) atoms. The van der Waals surface area contributed by atoms with Gasteiger partial charge in [0, 0.05) is 51.2 Å². The van der Waals surface area contributed by atoms with Gasteiger partial charge in [0.05, 0.1) is 18.6 Å². The maximum absolute atomic E-state index is 5.53. The van der Waals surface area contributed by atoms with Gasteiger partial charge in [0.15, 0.2) is 0 Å². The minimum atomic E-state index is 0.696. The van der Waals surface area contributed by atoms with Crippen molar-refractivity contribution in [1.29, 1.82) is 0 Å². The van der Waals surface area contributed by atoms with Crippen LogP contribution < -0.4 is 5.32 Å². The van der Waals surface area contributed by atoms with Crippen LogP contribution in [-0.4, -0.2) is 54.3 Å². The second-order valence-electron chi connectivity index (χ2n) is 7.29. The van der Waals surface area contributed by atoms with Crippen LogP contribution in [0.25, 0.3) is 0 Å². The summed E-state index contributed by atoms with van der Waals surface area (Å²) >= 11 is 0. The first-order valence-corrected chi connectivity index (χ1v) is 9.77. The van der Waals surface area contributed by atoms with E-state index >= 15 is 0 Å². The summed E-state index contributed by atoms with van der Waals surface area (Å²) in [5.41, 5.74) is 2.51. The lowest BCUT2D eigenvalue weighted by atomic mass is 10.1. The summed E-state index contributed by atoms with van der Waals surface area (Å²) in [5, 5.41) is 3.52. The van der Waals surface area contributed by atoms with Crippen molar-refractivity contribution in [1.82, 2.24) is 14.9 Å². The summed E-state index contributed by atoms with van der Waals surface area (Å²) in [5.74, 6) is 2.75. The molecule has 4 heterocycles. The normalized spacial score (nSPS) is 20.7. The molecule has 6 heteroatoms. The van der Waals surface area contributed by atoms with Crippen molar-refractivity contribution in [3.05, 3.63) is 41.7 Å². The van der Waals surface area contributed by atoms with Crippen molar-refractivity contribution < 1.29 is 9.15 Å². The predicted octanol–water partition coefficient (Wildman–Crippen LogP) is 2.55. The third-order valence-electron chi connectivity index (χ3n) is 5.39. The van der Waals surface area contributed by atoms with E-state index in [1.807, 2.05) is 12.1 Å². The van der Waals surface area contributed by atoms with Crippen LogP contribution in [0.1, 0.15) is 29.9 Å². The van der Waals surface area contributed by atoms with E-state index in [2.05, 4.69) is 20.2 Å². The van der Waals surface area contributed by atoms with E-state index in [0.29, 0.717) is 5.92 Å². The van der Waals surface area contributed by atoms with E-state index < -0.39 is 0 Å². The Balaban J connectivity index is 1.31. The Morgan fingerprint density at radius 1 is 1.23 bits per heavy atom. The van der Waals surface area contributed by atoms with Crippen molar-refractivity contribution in [2.24, 2.45) is 5.92 Å². The predicted molar refractivity (Wildman–Crippen MR) is 100 cm³/mol. The molecule has 1 atom stereocenters. The molecule has 2 aromatic rings. The van der Waals surface area contributed by atoms with Gasteiger partial charge >= 0.3 is 0 Å². The van der Waals surface area contributed by atoms with Gasteiger partial charge in [-0.15, -0.1) is 0 Å². The lowest BCUT2D eigenvalue weighted by Gasteiger charge is -2.22. The highest BCUT2D eigenvalue weighted by Crippen LogP contribution is 2.22. The first-order chi connectivity index (χ1) is 12.9. The standard InChI is InChI=1S/C20H28N4O2/c1(3-17-4-2-11-26-17)8-21-20-18-5-9-24(13-16-7-12-25-14-16)10-6-19(18)22-15-23-20/h2,4,11,15-16H,1,3,5-10,12-14H2,(H,21,22,23). The van der Waals surface area contributed by atoms with Crippen LogP contribution in [0.3, 0.4) is 0 Å². The quantitative estimate of drug-likeness (QED) is 0.769. The van der Waals surface area contributed by atoms with Crippen LogP contribution in [-0.2, 0) is 24.0 Å². The SMILES string of the molecule is c1coc(CCCNc2ncnc3c2CCN(CC2CCOC2)CC3)c1. The van der Waals surface area contributed by atoms with Gasteiger partial charge in [-0.2, -0.15) is 0 Å². The Morgan fingerprint density at radius 2 is 2.19 bits per heavy atom. The van der Waals surface area contributed by atoms with Crippen molar-refractivity contribution in [3.8, 4) is 0 Å². The Bertz CT molecular complexity index is 683. The Labute approximate surface area is 155 Å². The number of hydrogen-bond acceptors (Lipinski definition) is 6. The molecule has 4 rings (SSSR count). The molecule has 1 fully saturated rings. The maximum atomic E-state index is 5.53. The number of aromatic nitrogens is 2. The average Bonchev–Trinajstić information content (AvgIpc) is 3.32. The number of nitrogens with zero attached hydrogens (tertiary/aromatic N) is 3. The number of aryl methyl sites for hydroxylation is 1. The number of hydrogen-bond donors (Lipinski definition) is 1. The molecule has 2 aliphatic rings. The summed E-state index contributed by atoms with van der Waals surface area (Å²) in [6.45, 7) is 6.05. The number of fused-ring (bicyclic) bond motifs is 1. The monoisotopic (exact) mass is 356 g/mol. The minimum absolute atomic E-state index is 0.696. The van der Waals surface area contributed by atoms with E-state index in [0.717, 1.165) is 76.7 Å². The molecule has 1 saturated heterocycles. The number of rotatable bonds is 7. The van der Waals surface area contributed by atoms with Gasteiger partial charge in [-0.3, -0.25) is 0 Å². The van der Waals surface area contributed by atoms with Crippen molar-refractivity contribution in [2.75, 3.05) is 44.7 Å². The average molecular weight is 356 g/mol. The lowest BCUT2D eigenvalue weighted by molar-refractivity contribution is 0.168. The summed E-state index contributed by atoms with van der Waals surface area (Å²) in [6, 6.07) is 3.97. The molecule has 1 unspecified atom stereocenters. The first kappa shape index (κ1) is 17.5. The van der Waals surface area contributed by atoms with Crippen LogP contribution >= 0.6 is 0 Å². The van der Waals surface area contributed by atoms with Gasteiger partial charge in [0.1, 0.15) is 17.9 Å². The van der Waals surface area contributed by atoms with Crippen LogP contribution in [0.15, 0.2) is 29.1 Å². The Morgan fingerprint density at radius 3 is 3.04 bits per heavy atom. The van der Waals surface area contributed by atoms with E-state index in [-0.39, 0.29) is 0 Å². The molecule has 2 aliphatic heterocycles. The molecular formula is C20H28N4O2. The molecule has 0 radical (unpaired) electrons.